The van der Waals surface area contributed by atoms with Crippen molar-refractivity contribution in [2.45, 2.75) is 26.2 Å². The molecule has 0 aromatic carbocycles. The zero-order valence-electron chi connectivity index (χ0n) is 15.4. The summed E-state index contributed by atoms with van der Waals surface area (Å²) in [6.07, 6.45) is 4.49. The maximum atomic E-state index is 12.6. The number of carbonyl (C=O) groups excluding carboxylic acids is 1. The minimum atomic E-state index is -0.0931. The Balaban J connectivity index is 1.55. The maximum Gasteiger partial charge on any atom is 0.268 e. The summed E-state index contributed by atoms with van der Waals surface area (Å²) in [5.74, 6) is 0.638. The lowest BCUT2D eigenvalue weighted by Gasteiger charge is -2.37. The monoisotopic (exact) mass is 347 g/mol. The number of piperazine rings is 1. The van der Waals surface area contributed by atoms with Crippen LogP contribution in [0.5, 0.6) is 0 Å². The van der Waals surface area contributed by atoms with Gasteiger partial charge in [0.25, 0.3) is 5.56 Å². The first kappa shape index (κ1) is 17.9. The van der Waals surface area contributed by atoms with Gasteiger partial charge in [0.1, 0.15) is 0 Å². The second-order valence-corrected chi connectivity index (χ2v) is 7.15. The van der Waals surface area contributed by atoms with Crippen molar-refractivity contribution in [1.29, 1.82) is 0 Å². The molecule has 3 rings (SSSR count). The van der Waals surface area contributed by atoms with Gasteiger partial charge in [-0.25, -0.2) is 4.68 Å². The molecular weight excluding hydrogens is 318 g/mol. The first-order valence-corrected chi connectivity index (χ1v) is 9.35. The third kappa shape index (κ3) is 4.39. The molecule has 25 heavy (non-hydrogen) atoms. The third-order valence-corrected chi connectivity index (χ3v) is 5.47. The molecule has 2 saturated heterocycles. The van der Waals surface area contributed by atoms with Crippen LogP contribution in [0.3, 0.4) is 0 Å². The minimum Gasteiger partial charge on any atom is -0.370 e. The van der Waals surface area contributed by atoms with Gasteiger partial charge in [-0.05, 0) is 25.3 Å². The minimum absolute atomic E-state index is 0.0931. The molecule has 7 nitrogen and oxygen atoms in total. The lowest BCUT2D eigenvalue weighted by Crippen LogP contribution is -2.49. The van der Waals surface area contributed by atoms with Gasteiger partial charge in [-0.2, -0.15) is 5.10 Å². The second kappa shape index (κ2) is 7.99. The second-order valence-electron chi connectivity index (χ2n) is 7.15. The number of likely N-dealkylation sites (N-methyl/N-ethyl adjacent to an activating group) is 1. The number of aryl methyl sites for hydroxylation is 1. The summed E-state index contributed by atoms with van der Waals surface area (Å²) in [5.41, 5.74) is 0.779. The van der Waals surface area contributed by atoms with Crippen LogP contribution in [-0.4, -0.2) is 71.3 Å². The standard InChI is InChI=1S/C18H29N5O2/c1-3-21-7-9-22(10-8-21)18(25)11-15-5-4-6-23(14-15)16-12-17(24)20(2)19-13-16/h12-13,15H,3-11,14H2,1-2H3. The van der Waals surface area contributed by atoms with Crippen LogP contribution in [0.4, 0.5) is 5.69 Å². The van der Waals surface area contributed by atoms with Crippen molar-refractivity contribution in [3.63, 3.8) is 0 Å². The number of amides is 1. The molecule has 0 radical (unpaired) electrons. The number of hydrogen-bond acceptors (Lipinski definition) is 5. The fourth-order valence-electron chi connectivity index (χ4n) is 3.79. The van der Waals surface area contributed by atoms with Crippen molar-refractivity contribution in [2.24, 2.45) is 13.0 Å². The summed E-state index contributed by atoms with van der Waals surface area (Å²) in [7, 11) is 1.65. The van der Waals surface area contributed by atoms with Crippen LogP contribution in [0.2, 0.25) is 0 Å². The Morgan fingerprint density at radius 3 is 2.68 bits per heavy atom. The van der Waals surface area contributed by atoms with Crippen LogP contribution >= 0.6 is 0 Å². The van der Waals surface area contributed by atoms with E-state index in [4.69, 9.17) is 0 Å². The molecule has 1 unspecified atom stereocenters. The largest absolute Gasteiger partial charge is 0.370 e. The van der Waals surface area contributed by atoms with Crippen LogP contribution in [-0.2, 0) is 11.8 Å². The molecule has 2 aliphatic heterocycles. The highest BCUT2D eigenvalue weighted by Gasteiger charge is 2.26. The topological polar surface area (TPSA) is 61.7 Å². The van der Waals surface area contributed by atoms with Crippen LogP contribution in [0.1, 0.15) is 26.2 Å². The molecule has 1 atom stereocenters. The third-order valence-electron chi connectivity index (χ3n) is 5.47. The fourth-order valence-corrected chi connectivity index (χ4v) is 3.79. The van der Waals surface area contributed by atoms with Gasteiger partial charge in [0.05, 0.1) is 11.9 Å². The molecule has 3 heterocycles. The number of anilines is 1. The van der Waals surface area contributed by atoms with Crippen LogP contribution < -0.4 is 10.5 Å². The van der Waals surface area contributed by atoms with Crippen LogP contribution in [0, 0.1) is 5.92 Å². The average molecular weight is 347 g/mol. The highest BCUT2D eigenvalue weighted by molar-refractivity contribution is 5.76. The Kier molecular flexibility index (Phi) is 5.73. The van der Waals surface area contributed by atoms with E-state index in [0.29, 0.717) is 12.3 Å². The number of aromatic nitrogens is 2. The smallest absolute Gasteiger partial charge is 0.268 e. The Morgan fingerprint density at radius 1 is 1.24 bits per heavy atom. The number of nitrogens with zero attached hydrogens (tertiary/aromatic N) is 5. The summed E-state index contributed by atoms with van der Waals surface area (Å²) in [6, 6.07) is 1.64. The van der Waals surface area contributed by atoms with Gasteiger partial charge in [-0.1, -0.05) is 6.92 Å². The zero-order chi connectivity index (χ0) is 17.8. The molecular formula is C18H29N5O2. The fraction of sp³-hybridized carbons (Fsp3) is 0.722. The van der Waals surface area contributed by atoms with Gasteiger partial charge in [-0.3, -0.25) is 9.59 Å². The van der Waals surface area contributed by atoms with Crippen molar-refractivity contribution in [2.75, 3.05) is 50.7 Å². The highest BCUT2D eigenvalue weighted by atomic mass is 16.2. The molecule has 1 amide bonds. The van der Waals surface area contributed by atoms with Crippen molar-refractivity contribution >= 4 is 11.6 Å². The molecule has 0 spiro atoms. The SMILES string of the molecule is CCN1CCN(C(=O)CC2CCCN(c3cnn(C)c(=O)c3)C2)CC1. The molecule has 0 aliphatic carbocycles. The van der Waals surface area contributed by atoms with E-state index in [9.17, 15) is 9.59 Å². The van der Waals surface area contributed by atoms with E-state index in [2.05, 4.69) is 21.8 Å². The number of rotatable bonds is 4. The van der Waals surface area contributed by atoms with Crippen molar-refractivity contribution in [1.82, 2.24) is 19.6 Å². The van der Waals surface area contributed by atoms with Gasteiger partial charge in [0.15, 0.2) is 0 Å². The number of carbonyl (C=O) groups is 1. The lowest BCUT2D eigenvalue weighted by molar-refractivity contribution is -0.134. The van der Waals surface area contributed by atoms with E-state index in [1.54, 1.807) is 19.3 Å². The van der Waals surface area contributed by atoms with E-state index in [0.717, 1.165) is 64.3 Å². The Morgan fingerprint density at radius 2 is 2.00 bits per heavy atom. The quantitative estimate of drug-likeness (QED) is 0.796. The zero-order valence-corrected chi connectivity index (χ0v) is 15.4. The van der Waals surface area contributed by atoms with Gasteiger partial charge in [0, 0.05) is 58.8 Å². The predicted molar refractivity (Wildman–Crippen MR) is 97.7 cm³/mol. The van der Waals surface area contributed by atoms with Crippen molar-refractivity contribution in [3.05, 3.63) is 22.6 Å². The van der Waals surface area contributed by atoms with Gasteiger partial charge < -0.3 is 14.7 Å². The number of piperidine rings is 1. The normalized spacial score (nSPS) is 22.2. The molecule has 0 bridgehead atoms. The molecule has 1 aromatic heterocycles. The average Bonchev–Trinajstić information content (AvgIpc) is 2.64. The van der Waals surface area contributed by atoms with Gasteiger partial charge >= 0.3 is 0 Å². The molecule has 138 valence electrons. The van der Waals surface area contributed by atoms with Crippen LogP contribution in [0.15, 0.2) is 17.1 Å². The Hall–Kier alpha value is -1.89. The van der Waals surface area contributed by atoms with Crippen molar-refractivity contribution in [3.8, 4) is 0 Å². The molecule has 7 heteroatoms. The molecule has 1 aromatic rings. The first-order valence-electron chi connectivity index (χ1n) is 9.35. The van der Waals surface area contributed by atoms with E-state index in [1.165, 1.54) is 4.68 Å². The maximum absolute atomic E-state index is 12.6. The lowest BCUT2D eigenvalue weighted by atomic mass is 9.94. The van der Waals surface area contributed by atoms with Crippen molar-refractivity contribution < 1.29 is 4.79 Å². The van der Waals surface area contributed by atoms with E-state index < -0.39 is 0 Å². The summed E-state index contributed by atoms with van der Waals surface area (Å²) in [6.45, 7) is 8.65. The Labute approximate surface area is 149 Å². The number of hydrogen-bond donors (Lipinski definition) is 0. The summed E-state index contributed by atoms with van der Waals surface area (Å²) >= 11 is 0. The van der Waals surface area contributed by atoms with Gasteiger partial charge in [0.2, 0.25) is 5.91 Å². The Bertz CT molecular complexity index is 651. The van der Waals surface area contributed by atoms with E-state index in [-0.39, 0.29) is 11.5 Å². The summed E-state index contributed by atoms with van der Waals surface area (Å²) in [5, 5.41) is 4.11. The first-order chi connectivity index (χ1) is 12.1. The van der Waals surface area contributed by atoms with E-state index in [1.807, 2.05) is 4.90 Å². The molecule has 0 saturated carbocycles. The van der Waals surface area contributed by atoms with Crippen LogP contribution in [0.25, 0.3) is 0 Å². The molecule has 2 aliphatic rings. The summed E-state index contributed by atoms with van der Waals surface area (Å²) < 4.78 is 1.34. The molecule has 0 N–H and O–H groups in total. The molecule has 2 fully saturated rings. The van der Waals surface area contributed by atoms with Gasteiger partial charge in [-0.15, -0.1) is 0 Å². The predicted octanol–water partition coefficient (Wildman–Crippen LogP) is 0.551. The summed E-state index contributed by atoms with van der Waals surface area (Å²) in [4.78, 5) is 31.0. The highest BCUT2D eigenvalue weighted by Crippen LogP contribution is 2.24. The van der Waals surface area contributed by atoms with E-state index >= 15 is 0 Å².